The molecule has 0 aliphatic rings. The van der Waals surface area contributed by atoms with Crippen molar-refractivity contribution in [2.24, 2.45) is 0 Å². The van der Waals surface area contributed by atoms with Crippen molar-refractivity contribution in [3.63, 3.8) is 0 Å². The third kappa shape index (κ3) is 2.29. The summed E-state index contributed by atoms with van der Waals surface area (Å²) in [6, 6.07) is 6.45. The first-order valence-corrected chi connectivity index (χ1v) is 6.61. The Morgan fingerprint density at radius 2 is 1.94 bits per heavy atom. The molecule has 0 bridgehead atoms. The Kier molecular flexibility index (Phi) is 3.38. The Bertz CT molecular complexity index is 541. The first-order valence-electron chi connectivity index (χ1n) is 5.82. The van der Waals surface area contributed by atoms with Crippen molar-refractivity contribution in [3.8, 4) is 11.3 Å². The normalized spacial score (nSPS) is 11.2. The topological polar surface area (TPSA) is 28.7 Å². The minimum Gasteiger partial charge on any atom is -0.281 e. The van der Waals surface area contributed by atoms with Crippen molar-refractivity contribution in [1.29, 1.82) is 0 Å². The van der Waals surface area contributed by atoms with Gasteiger partial charge >= 0.3 is 0 Å². The van der Waals surface area contributed by atoms with E-state index in [2.05, 4.69) is 72.0 Å². The van der Waals surface area contributed by atoms with Crippen LogP contribution in [0.1, 0.15) is 36.6 Å². The molecule has 1 aromatic heterocycles. The summed E-state index contributed by atoms with van der Waals surface area (Å²) in [6.45, 7) is 8.54. The van der Waals surface area contributed by atoms with Gasteiger partial charge in [-0.1, -0.05) is 31.5 Å². The molecule has 0 fully saturated rings. The predicted molar refractivity (Wildman–Crippen MR) is 75.3 cm³/mol. The molecule has 0 atom stereocenters. The van der Waals surface area contributed by atoms with E-state index < -0.39 is 0 Å². The highest BCUT2D eigenvalue weighted by molar-refractivity contribution is 9.10. The van der Waals surface area contributed by atoms with Crippen LogP contribution in [-0.2, 0) is 0 Å². The van der Waals surface area contributed by atoms with Crippen LogP contribution in [0.4, 0.5) is 0 Å². The van der Waals surface area contributed by atoms with Gasteiger partial charge in [0.1, 0.15) is 5.69 Å². The number of rotatable bonds is 2. The zero-order valence-electron chi connectivity index (χ0n) is 10.6. The van der Waals surface area contributed by atoms with Gasteiger partial charge in [-0.3, -0.25) is 5.10 Å². The number of benzene rings is 1. The molecule has 0 radical (unpaired) electrons. The highest BCUT2D eigenvalue weighted by Gasteiger charge is 2.16. The number of halogens is 1. The number of aromatic amines is 1. The van der Waals surface area contributed by atoms with Gasteiger partial charge in [-0.15, -0.1) is 0 Å². The van der Waals surface area contributed by atoms with Crippen LogP contribution in [0.3, 0.4) is 0 Å². The number of H-pyrrole nitrogens is 1. The summed E-state index contributed by atoms with van der Waals surface area (Å²) in [6.07, 6.45) is 0. The first-order chi connectivity index (χ1) is 8.00. The third-order valence-electron chi connectivity index (χ3n) is 2.96. The van der Waals surface area contributed by atoms with E-state index in [1.54, 1.807) is 0 Å². The summed E-state index contributed by atoms with van der Waals surface area (Å²) in [5.41, 5.74) is 5.86. The van der Waals surface area contributed by atoms with E-state index in [1.807, 2.05) is 0 Å². The fraction of sp³-hybridized carbons (Fsp3) is 0.357. The number of nitrogens with one attached hydrogen (secondary N) is 1. The van der Waals surface area contributed by atoms with E-state index in [0.29, 0.717) is 5.92 Å². The maximum Gasteiger partial charge on any atom is 0.107 e. The fourth-order valence-corrected chi connectivity index (χ4v) is 2.74. The Balaban J connectivity index is 2.57. The van der Waals surface area contributed by atoms with E-state index in [0.717, 1.165) is 15.9 Å². The minimum absolute atomic E-state index is 0.441. The second-order valence-electron chi connectivity index (χ2n) is 4.77. The fourth-order valence-electron chi connectivity index (χ4n) is 1.89. The van der Waals surface area contributed by atoms with Crippen LogP contribution in [0.15, 0.2) is 22.7 Å². The summed E-state index contributed by atoms with van der Waals surface area (Å²) in [5, 5.41) is 7.56. The van der Waals surface area contributed by atoms with Crippen LogP contribution >= 0.6 is 15.9 Å². The monoisotopic (exact) mass is 292 g/mol. The van der Waals surface area contributed by atoms with Crippen molar-refractivity contribution in [2.75, 3.05) is 0 Å². The van der Waals surface area contributed by atoms with E-state index in [9.17, 15) is 0 Å². The van der Waals surface area contributed by atoms with Gasteiger partial charge in [0.05, 0.1) is 10.2 Å². The number of hydrogen-bond donors (Lipinski definition) is 1. The summed E-state index contributed by atoms with van der Waals surface area (Å²) in [5.74, 6) is 0.441. The standard InChI is InChI=1S/C14H17BrN2/c1-8(2)13-12(15)14(17-16-13)11-7-9(3)5-6-10(11)4/h5-8H,1-4H3,(H,16,17). The lowest BCUT2D eigenvalue weighted by atomic mass is 10.0. The van der Waals surface area contributed by atoms with E-state index in [4.69, 9.17) is 0 Å². The highest BCUT2D eigenvalue weighted by atomic mass is 79.9. The molecule has 0 amide bonds. The average Bonchev–Trinajstić information content (AvgIpc) is 2.64. The lowest BCUT2D eigenvalue weighted by Gasteiger charge is -2.06. The molecule has 0 unspecified atom stereocenters. The van der Waals surface area contributed by atoms with E-state index in [1.165, 1.54) is 16.7 Å². The summed E-state index contributed by atoms with van der Waals surface area (Å²) >= 11 is 3.65. The predicted octanol–water partition coefficient (Wildman–Crippen LogP) is 4.58. The minimum atomic E-state index is 0.441. The Morgan fingerprint density at radius 3 is 2.53 bits per heavy atom. The number of aromatic nitrogens is 2. The molecule has 0 saturated carbocycles. The quantitative estimate of drug-likeness (QED) is 0.862. The van der Waals surface area contributed by atoms with Crippen LogP contribution in [0.25, 0.3) is 11.3 Å². The molecule has 2 rings (SSSR count). The first kappa shape index (κ1) is 12.4. The Hall–Kier alpha value is -1.09. The molecule has 0 aliphatic heterocycles. The van der Waals surface area contributed by atoms with Crippen molar-refractivity contribution >= 4 is 15.9 Å². The zero-order chi connectivity index (χ0) is 12.6. The van der Waals surface area contributed by atoms with E-state index >= 15 is 0 Å². The van der Waals surface area contributed by atoms with Crippen molar-refractivity contribution < 1.29 is 0 Å². The van der Waals surface area contributed by atoms with E-state index in [-0.39, 0.29) is 0 Å². The van der Waals surface area contributed by atoms with Gasteiger partial charge in [-0.25, -0.2) is 0 Å². The maximum absolute atomic E-state index is 4.44. The molecule has 90 valence electrons. The molecular weight excluding hydrogens is 276 g/mol. The highest BCUT2D eigenvalue weighted by Crippen LogP contribution is 2.34. The van der Waals surface area contributed by atoms with Gasteiger partial charge < -0.3 is 0 Å². The SMILES string of the molecule is Cc1ccc(C)c(-c2n[nH]c(C(C)C)c2Br)c1. The molecule has 2 aromatic rings. The number of nitrogens with zero attached hydrogens (tertiary/aromatic N) is 1. The maximum atomic E-state index is 4.44. The van der Waals surface area contributed by atoms with Gasteiger partial charge in [0, 0.05) is 5.56 Å². The molecule has 1 aromatic carbocycles. The van der Waals surface area contributed by atoms with Crippen LogP contribution in [0, 0.1) is 13.8 Å². The largest absolute Gasteiger partial charge is 0.281 e. The Labute approximate surface area is 111 Å². The third-order valence-corrected chi connectivity index (χ3v) is 3.76. The number of aryl methyl sites for hydroxylation is 2. The zero-order valence-corrected chi connectivity index (χ0v) is 12.2. The molecule has 2 nitrogen and oxygen atoms in total. The van der Waals surface area contributed by atoms with Crippen molar-refractivity contribution in [2.45, 2.75) is 33.6 Å². The van der Waals surface area contributed by atoms with Gasteiger partial charge in [-0.05, 0) is 47.3 Å². The molecular formula is C14H17BrN2. The molecule has 0 spiro atoms. The van der Waals surface area contributed by atoms with Gasteiger partial charge in [0.25, 0.3) is 0 Å². The van der Waals surface area contributed by atoms with Gasteiger partial charge in [-0.2, -0.15) is 5.10 Å². The second kappa shape index (κ2) is 4.65. The summed E-state index contributed by atoms with van der Waals surface area (Å²) in [4.78, 5) is 0. The van der Waals surface area contributed by atoms with Crippen molar-refractivity contribution in [1.82, 2.24) is 10.2 Å². The summed E-state index contributed by atoms with van der Waals surface area (Å²) in [7, 11) is 0. The lowest BCUT2D eigenvalue weighted by Crippen LogP contribution is -1.88. The number of hydrogen-bond acceptors (Lipinski definition) is 1. The van der Waals surface area contributed by atoms with Gasteiger partial charge in [0.2, 0.25) is 0 Å². The second-order valence-corrected chi connectivity index (χ2v) is 5.57. The molecule has 0 saturated heterocycles. The molecule has 0 aliphatic carbocycles. The molecule has 1 heterocycles. The lowest BCUT2D eigenvalue weighted by molar-refractivity contribution is 0.807. The van der Waals surface area contributed by atoms with Gasteiger partial charge in [0.15, 0.2) is 0 Å². The van der Waals surface area contributed by atoms with Crippen LogP contribution in [0.2, 0.25) is 0 Å². The molecule has 17 heavy (non-hydrogen) atoms. The summed E-state index contributed by atoms with van der Waals surface area (Å²) < 4.78 is 1.08. The Morgan fingerprint density at radius 1 is 1.24 bits per heavy atom. The molecule has 3 heteroatoms. The van der Waals surface area contributed by atoms with Crippen molar-refractivity contribution in [3.05, 3.63) is 39.5 Å². The van der Waals surface area contributed by atoms with Crippen LogP contribution < -0.4 is 0 Å². The smallest absolute Gasteiger partial charge is 0.107 e. The average molecular weight is 293 g/mol. The van der Waals surface area contributed by atoms with Crippen LogP contribution in [0.5, 0.6) is 0 Å². The molecule has 1 N–H and O–H groups in total. The van der Waals surface area contributed by atoms with Crippen LogP contribution in [-0.4, -0.2) is 10.2 Å².